The summed E-state index contributed by atoms with van der Waals surface area (Å²) in [6.45, 7) is 6.54. The molecule has 110 valence electrons. The predicted molar refractivity (Wildman–Crippen MR) is 78.7 cm³/mol. The molecule has 6 heteroatoms. The molecule has 0 aromatic heterocycles. The van der Waals surface area contributed by atoms with Crippen LogP contribution in [0.1, 0.15) is 20.8 Å². The molecule has 0 aliphatic carbocycles. The maximum atomic E-state index is 11.7. The molecule has 1 amide bonds. The normalized spacial score (nSPS) is 15.8. The smallest absolute Gasteiger partial charge is 0.410 e. The summed E-state index contributed by atoms with van der Waals surface area (Å²) in [5, 5.41) is 0.940. The highest BCUT2D eigenvalue weighted by atomic mass is 35.5. The first kappa shape index (κ1) is 15.3. The number of rotatable bonds is 2. The van der Waals surface area contributed by atoms with Crippen LogP contribution in [0.5, 0.6) is 5.75 Å². The van der Waals surface area contributed by atoms with Crippen LogP contribution < -0.4 is 4.74 Å². The van der Waals surface area contributed by atoms with E-state index >= 15 is 0 Å². The molecule has 1 aliphatic heterocycles. The van der Waals surface area contributed by atoms with Gasteiger partial charge in [0.15, 0.2) is 0 Å². The van der Waals surface area contributed by atoms with Crippen LogP contribution in [0.25, 0.3) is 0 Å². The molecule has 2 rings (SSSR count). The van der Waals surface area contributed by atoms with Gasteiger partial charge in [-0.1, -0.05) is 23.2 Å². The maximum Gasteiger partial charge on any atom is 0.410 e. The summed E-state index contributed by atoms with van der Waals surface area (Å²) in [6.07, 6.45) is -0.355. The third-order valence-electron chi connectivity index (χ3n) is 2.69. The molecule has 4 nitrogen and oxygen atoms in total. The molecule has 0 radical (unpaired) electrons. The second-order valence-electron chi connectivity index (χ2n) is 5.70. The Balaban J connectivity index is 1.82. The van der Waals surface area contributed by atoms with Crippen molar-refractivity contribution in [3.8, 4) is 5.75 Å². The molecule has 1 heterocycles. The number of halogens is 2. The Bertz CT molecular complexity index is 508. The molecule has 1 aromatic rings. The number of hydrogen-bond acceptors (Lipinski definition) is 3. The minimum Gasteiger partial charge on any atom is -0.487 e. The fraction of sp³-hybridized carbons (Fsp3) is 0.500. The van der Waals surface area contributed by atoms with Gasteiger partial charge in [-0.3, -0.25) is 0 Å². The zero-order chi connectivity index (χ0) is 14.9. The molecular weight excluding hydrogens is 301 g/mol. The van der Waals surface area contributed by atoms with Gasteiger partial charge in [-0.15, -0.1) is 0 Å². The molecule has 1 fully saturated rings. The Labute approximate surface area is 128 Å². The van der Waals surface area contributed by atoms with Crippen molar-refractivity contribution in [2.75, 3.05) is 13.1 Å². The summed E-state index contributed by atoms with van der Waals surface area (Å²) in [6, 6.07) is 5.11. The fourth-order valence-corrected chi connectivity index (χ4v) is 2.02. The van der Waals surface area contributed by atoms with Gasteiger partial charge < -0.3 is 14.4 Å². The molecule has 20 heavy (non-hydrogen) atoms. The highest BCUT2D eigenvalue weighted by molar-refractivity contribution is 6.42. The van der Waals surface area contributed by atoms with Crippen molar-refractivity contribution in [2.45, 2.75) is 32.5 Å². The Morgan fingerprint density at radius 2 is 1.90 bits per heavy atom. The Kier molecular flexibility index (Phi) is 4.35. The summed E-state index contributed by atoms with van der Waals surface area (Å²) >= 11 is 11.7. The first-order valence-corrected chi connectivity index (χ1v) is 7.10. The van der Waals surface area contributed by atoms with Crippen LogP contribution >= 0.6 is 23.2 Å². The van der Waals surface area contributed by atoms with Crippen molar-refractivity contribution in [1.29, 1.82) is 0 Å². The second kappa shape index (κ2) is 5.70. The van der Waals surface area contributed by atoms with E-state index < -0.39 is 5.60 Å². The largest absolute Gasteiger partial charge is 0.487 e. The molecular formula is C14H17Cl2NO3. The molecule has 0 atom stereocenters. The van der Waals surface area contributed by atoms with E-state index in [0.29, 0.717) is 28.9 Å². The lowest BCUT2D eigenvalue weighted by atomic mass is 10.1. The van der Waals surface area contributed by atoms with E-state index in [4.69, 9.17) is 32.7 Å². The van der Waals surface area contributed by atoms with Crippen LogP contribution in [0, 0.1) is 0 Å². The van der Waals surface area contributed by atoms with Gasteiger partial charge in [0, 0.05) is 6.07 Å². The van der Waals surface area contributed by atoms with Crippen molar-refractivity contribution in [3.05, 3.63) is 28.2 Å². The van der Waals surface area contributed by atoms with E-state index in [1.165, 1.54) is 0 Å². The summed E-state index contributed by atoms with van der Waals surface area (Å²) in [5.41, 5.74) is -0.479. The van der Waals surface area contributed by atoms with Gasteiger partial charge in [-0.25, -0.2) is 4.79 Å². The predicted octanol–water partition coefficient (Wildman–Crippen LogP) is 3.99. The summed E-state index contributed by atoms with van der Waals surface area (Å²) < 4.78 is 11.0. The Hall–Kier alpha value is -1.13. The zero-order valence-electron chi connectivity index (χ0n) is 11.7. The van der Waals surface area contributed by atoms with Crippen molar-refractivity contribution in [2.24, 2.45) is 0 Å². The van der Waals surface area contributed by atoms with Gasteiger partial charge in [0.2, 0.25) is 0 Å². The number of hydrogen-bond donors (Lipinski definition) is 0. The first-order valence-electron chi connectivity index (χ1n) is 6.34. The molecule has 0 unspecified atom stereocenters. The standard InChI is InChI=1S/C14H17Cl2NO3/c1-14(2,3)20-13(18)17-7-10(8-17)19-9-4-5-11(15)12(16)6-9/h4-6,10H,7-8H2,1-3H3. The lowest BCUT2D eigenvalue weighted by molar-refractivity contribution is -0.0221. The number of benzene rings is 1. The highest BCUT2D eigenvalue weighted by Crippen LogP contribution is 2.28. The highest BCUT2D eigenvalue weighted by Gasteiger charge is 2.35. The summed E-state index contributed by atoms with van der Waals surface area (Å²) in [5.74, 6) is 0.647. The third-order valence-corrected chi connectivity index (χ3v) is 3.43. The molecule has 1 aromatic carbocycles. The van der Waals surface area contributed by atoms with Gasteiger partial charge >= 0.3 is 6.09 Å². The van der Waals surface area contributed by atoms with Crippen molar-refractivity contribution < 1.29 is 14.3 Å². The number of nitrogens with zero attached hydrogens (tertiary/aromatic N) is 1. The quantitative estimate of drug-likeness (QED) is 0.827. The molecule has 0 bridgehead atoms. The van der Waals surface area contributed by atoms with Crippen molar-refractivity contribution >= 4 is 29.3 Å². The van der Waals surface area contributed by atoms with Crippen LogP contribution in [0.3, 0.4) is 0 Å². The zero-order valence-corrected chi connectivity index (χ0v) is 13.2. The van der Waals surface area contributed by atoms with E-state index in [9.17, 15) is 4.79 Å². The topological polar surface area (TPSA) is 38.8 Å². The van der Waals surface area contributed by atoms with Crippen LogP contribution in [0.15, 0.2) is 18.2 Å². The SMILES string of the molecule is CC(C)(C)OC(=O)N1CC(Oc2ccc(Cl)c(Cl)c2)C1. The van der Waals surface area contributed by atoms with E-state index in [1.807, 2.05) is 20.8 Å². The van der Waals surface area contributed by atoms with E-state index in [1.54, 1.807) is 23.1 Å². The lowest BCUT2D eigenvalue weighted by Crippen LogP contribution is -2.57. The van der Waals surface area contributed by atoms with Gasteiger partial charge in [-0.05, 0) is 32.9 Å². The maximum absolute atomic E-state index is 11.7. The average Bonchev–Trinajstić information content (AvgIpc) is 2.25. The number of ether oxygens (including phenoxy) is 2. The number of amides is 1. The minimum absolute atomic E-state index is 0.0419. The van der Waals surface area contributed by atoms with E-state index in [2.05, 4.69) is 0 Å². The minimum atomic E-state index is -0.479. The molecule has 0 spiro atoms. The summed E-state index contributed by atoms with van der Waals surface area (Å²) in [4.78, 5) is 13.4. The van der Waals surface area contributed by atoms with Crippen molar-refractivity contribution in [1.82, 2.24) is 4.90 Å². The molecule has 0 saturated carbocycles. The van der Waals surface area contributed by atoms with E-state index in [-0.39, 0.29) is 12.2 Å². The fourth-order valence-electron chi connectivity index (χ4n) is 1.73. The van der Waals surface area contributed by atoms with Gasteiger partial charge in [0.25, 0.3) is 0 Å². The van der Waals surface area contributed by atoms with Gasteiger partial charge in [0.1, 0.15) is 17.5 Å². The van der Waals surface area contributed by atoms with Crippen LogP contribution in [-0.4, -0.2) is 35.8 Å². The molecule has 0 N–H and O–H groups in total. The summed E-state index contributed by atoms with van der Waals surface area (Å²) in [7, 11) is 0. The van der Waals surface area contributed by atoms with Crippen molar-refractivity contribution in [3.63, 3.8) is 0 Å². The number of carbonyl (C=O) groups is 1. The van der Waals surface area contributed by atoms with Gasteiger partial charge in [0.05, 0.1) is 23.1 Å². The van der Waals surface area contributed by atoms with Gasteiger partial charge in [-0.2, -0.15) is 0 Å². The Morgan fingerprint density at radius 3 is 2.45 bits per heavy atom. The monoisotopic (exact) mass is 317 g/mol. The number of likely N-dealkylation sites (tertiary alicyclic amines) is 1. The van der Waals surface area contributed by atoms with Crippen LogP contribution in [-0.2, 0) is 4.74 Å². The molecule has 1 aliphatic rings. The average molecular weight is 318 g/mol. The second-order valence-corrected chi connectivity index (χ2v) is 6.52. The Morgan fingerprint density at radius 1 is 1.25 bits per heavy atom. The third kappa shape index (κ3) is 3.93. The van der Waals surface area contributed by atoms with Crippen LogP contribution in [0.2, 0.25) is 10.0 Å². The molecule has 1 saturated heterocycles. The first-order chi connectivity index (χ1) is 9.24. The number of carbonyl (C=O) groups excluding carboxylic acids is 1. The van der Waals surface area contributed by atoms with E-state index in [0.717, 1.165) is 0 Å². The van der Waals surface area contributed by atoms with Crippen LogP contribution in [0.4, 0.5) is 4.79 Å². The lowest BCUT2D eigenvalue weighted by Gasteiger charge is -2.39.